The van der Waals surface area contributed by atoms with Crippen LogP contribution in [0.25, 0.3) is 0 Å². The summed E-state index contributed by atoms with van der Waals surface area (Å²) in [6.07, 6.45) is 0.317. The van der Waals surface area contributed by atoms with E-state index in [1.165, 1.54) is 0 Å². The monoisotopic (exact) mass is 520 g/mol. The molecule has 1 saturated heterocycles. The summed E-state index contributed by atoms with van der Waals surface area (Å²) in [6.45, 7) is 11.2. The molecule has 3 amide bonds. The molecule has 1 rings (SSSR count). The molecule has 1 N–H and O–H groups in total. The van der Waals surface area contributed by atoms with Crippen LogP contribution in [0.15, 0.2) is 0 Å². The van der Waals surface area contributed by atoms with E-state index in [0.29, 0.717) is 99.0 Å². The molecule has 1 unspecified atom stereocenters. The largest absolute Gasteiger partial charge is 0.379 e. The topological polar surface area (TPSA) is 131 Å². The van der Waals surface area contributed by atoms with Gasteiger partial charge in [-0.05, 0) is 6.92 Å². The third-order valence-electron chi connectivity index (χ3n) is 5.04. The first-order valence-corrected chi connectivity index (χ1v) is 12.7. The number of carbonyl (C=O) groups excluding carboxylic acids is 3. The van der Waals surface area contributed by atoms with Gasteiger partial charge in [0.2, 0.25) is 17.7 Å². The molecular weight excluding hydrogens is 476 g/mol. The summed E-state index contributed by atoms with van der Waals surface area (Å²) in [7, 11) is 0. The van der Waals surface area contributed by atoms with Crippen molar-refractivity contribution in [1.29, 1.82) is 0 Å². The summed E-state index contributed by atoms with van der Waals surface area (Å²) in [4.78, 5) is 36.5. The van der Waals surface area contributed by atoms with Crippen LogP contribution in [0.5, 0.6) is 0 Å². The molecule has 1 aliphatic heterocycles. The third kappa shape index (κ3) is 16.9. The number of ether oxygens (including phenoxy) is 7. The summed E-state index contributed by atoms with van der Waals surface area (Å²) < 4.78 is 37.5. The Kier molecular flexibility index (Phi) is 20.2. The van der Waals surface area contributed by atoms with Crippen molar-refractivity contribution in [2.75, 3.05) is 106 Å². The smallest absolute Gasteiger partial charge is 0.232 e. The lowest BCUT2D eigenvalue weighted by atomic mass is 10.1. The Bertz CT molecular complexity index is 593. The lowest BCUT2D eigenvalue weighted by molar-refractivity contribution is -0.139. The average molecular weight is 521 g/mol. The lowest BCUT2D eigenvalue weighted by Gasteiger charge is -2.14. The molecule has 0 aromatic heterocycles. The fourth-order valence-electron chi connectivity index (χ4n) is 3.11. The molecule has 1 fully saturated rings. The molecule has 0 spiro atoms. The average Bonchev–Trinajstić information content (AvgIpc) is 3.11. The van der Waals surface area contributed by atoms with Gasteiger partial charge in [-0.25, -0.2) is 0 Å². The molecule has 0 bridgehead atoms. The third-order valence-corrected chi connectivity index (χ3v) is 5.04. The van der Waals surface area contributed by atoms with E-state index in [-0.39, 0.29) is 43.0 Å². The second-order valence-electron chi connectivity index (χ2n) is 7.96. The van der Waals surface area contributed by atoms with Gasteiger partial charge >= 0.3 is 0 Å². The van der Waals surface area contributed by atoms with Crippen LogP contribution in [0.4, 0.5) is 0 Å². The van der Waals surface area contributed by atoms with Gasteiger partial charge in [0, 0.05) is 38.5 Å². The Morgan fingerprint density at radius 1 is 0.750 bits per heavy atom. The quantitative estimate of drug-likeness (QED) is 0.130. The van der Waals surface area contributed by atoms with Crippen molar-refractivity contribution in [3.05, 3.63) is 0 Å². The molecule has 0 aromatic rings. The first-order valence-electron chi connectivity index (χ1n) is 12.7. The van der Waals surface area contributed by atoms with Crippen molar-refractivity contribution in [2.45, 2.75) is 26.7 Å². The number of hydrogen-bond donors (Lipinski definition) is 1. The number of nitrogens with one attached hydrogen (secondary N) is 1. The Morgan fingerprint density at radius 2 is 1.17 bits per heavy atom. The highest BCUT2D eigenvalue weighted by atomic mass is 16.6. The maximum atomic E-state index is 11.8. The minimum Gasteiger partial charge on any atom is -0.379 e. The normalized spacial score (nSPS) is 15.7. The van der Waals surface area contributed by atoms with Crippen LogP contribution in [0.1, 0.15) is 26.7 Å². The number of hydrogen-bond acceptors (Lipinski definition) is 10. The van der Waals surface area contributed by atoms with Gasteiger partial charge in [-0.15, -0.1) is 0 Å². The summed E-state index contributed by atoms with van der Waals surface area (Å²) in [6, 6.07) is 0. The van der Waals surface area contributed by atoms with Crippen LogP contribution in [-0.2, 0) is 47.5 Å². The Balaban J connectivity index is 1.74. The van der Waals surface area contributed by atoms with E-state index >= 15 is 0 Å². The highest BCUT2D eigenvalue weighted by Crippen LogP contribution is 2.18. The molecule has 1 atom stereocenters. The summed E-state index contributed by atoms with van der Waals surface area (Å²) in [5.41, 5.74) is 0. The van der Waals surface area contributed by atoms with E-state index in [1.807, 2.05) is 6.92 Å². The second-order valence-corrected chi connectivity index (χ2v) is 7.96. The number of likely N-dealkylation sites (tertiary alicyclic amines) is 1. The van der Waals surface area contributed by atoms with Crippen LogP contribution in [0.3, 0.4) is 0 Å². The zero-order valence-electron chi connectivity index (χ0n) is 21.8. The maximum Gasteiger partial charge on any atom is 0.232 e. The predicted octanol–water partition coefficient (Wildman–Crippen LogP) is 0.0238. The van der Waals surface area contributed by atoms with Crippen LogP contribution in [0.2, 0.25) is 0 Å². The van der Waals surface area contributed by atoms with Crippen molar-refractivity contribution in [3.8, 4) is 0 Å². The Morgan fingerprint density at radius 3 is 1.56 bits per heavy atom. The van der Waals surface area contributed by atoms with Gasteiger partial charge in [-0.2, -0.15) is 0 Å². The van der Waals surface area contributed by atoms with Crippen LogP contribution in [-0.4, -0.2) is 128 Å². The molecule has 36 heavy (non-hydrogen) atoms. The fraction of sp³-hybridized carbons (Fsp3) is 0.875. The summed E-state index contributed by atoms with van der Waals surface area (Å²) in [5.74, 6) is -0.930. The Labute approximate surface area is 214 Å². The van der Waals surface area contributed by atoms with Crippen molar-refractivity contribution >= 4 is 17.7 Å². The molecule has 12 nitrogen and oxygen atoms in total. The molecule has 210 valence electrons. The molecule has 1 heterocycles. The van der Waals surface area contributed by atoms with Gasteiger partial charge in [-0.1, -0.05) is 6.92 Å². The molecule has 0 aromatic carbocycles. The second kappa shape index (κ2) is 22.5. The summed E-state index contributed by atoms with van der Waals surface area (Å²) >= 11 is 0. The molecule has 0 aliphatic carbocycles. The molecule has 12 heteroatoms. The molecular formula is C24H44N2O10. The maximum absolute atomic E-state index is 11.8. The zero-order chi connectivity index (χ0) is 26.3. The van der Waals surface area contributed by atoms with Crippen LogP contribution >= 0.6 is 0 Å². The number of carbonyl (C=O) groups is 3. The molecule has 0 saturated carbocycles. The van der Waals surface area contributed by atoms with E-state index in [2.05, 4.69) is 5.32 Å². The number of amides is 3. The fourth-order valence-corrected chi connectivity index (χ4v) is 3.11. The highest BCUT2D eigenvalue weighted by Gasteiger charge is 2.35. The number of imide groups is 1. The van der Waals surface area contributed by atoms with Gasteiger partial charge in [0.15, 0.2) is 0 Å². The highest BCUT2D eigenvalue weighted by molar-refractivity contribution is 6.03. The van der Waals surface area contributed by atoms with Crippen molar-refractivity contribution in [2.24, 2.45) is 5.92 Å². The summed E-state index contributed by atoms with van der Waals surface area (Å²) in [5, 5.41) is 2.70. The van der Waals surface area contributed by atoms with Gasteiger partial charge in [0.25, 0.3) is 0 Å². The van der Waals surface area contributed by atoms with Crippen molar-refractivity contribution in [1.82, 2.24) is 10.2 Å². The van der Waals surface area contributed by atoms with Crippen molar-refractivity contribution in [3.63, 3.8) is 0 Å². The Hall–Kier alpha value is -1.67. The first-order chi connectivity index (χ1) is 17.6. The SMILES string of the molecule is CCOCCOCCOCCOCCOCCOCCOCCNC(=O)CCN1C(=O)CC(C)C1=O. The number of nitrogens with zero attached hydrogens (tertiary/aromatic N) is 1. The minimum atomic E-state index is -0.291. The van der Waals surface area contributed by atoms with Crippen LogP contribution in [0, 0.1) is 5.92 Å². The van der Waals surface area contributed by atoms with E-state index in [4.69, 9.17) is 33.2 Å². The zero-order valence-corrected chi connectivity index (χ0v) is 21.8. The van der Waals surface area contributed by atoms with Gasteiger partial charge < -0.3 is 38.5 Å². The number of rotatable bonds is 25. The van der Waals surface area contributed by atoms with Crippen molar-refractivity contribution < 1.29 is 47.5 Å². The standard InChI is InChI=1S/C24H44N2O10/c1-3-30-8-9-32-12-13-34-16-17-36-19-18-35-15-14-33-11-10-31-7-5-25-22(27)4-6-26-23(28)20-21(2)24(26)29/h21H,3-20H2,1-2H3,(H,25,27). The van der Waals surface area contributed by atoms with E-state index < -0.39 is 0 Å². The lowest BCUT2D eigenvalue weighted by Crippen LogP contribution is -2.35. The molecule has 0 radical (unpaired) electrons. The van der Waals surface area contributed by atoms with Gasteiger partial charge in [0.05, 0.1) is 85.9 Å². The van der Waals surface area contributed by atoms with Gasteiger partial charge in [0.1, 0.15) is 0 Å². The first kappa shape index (κ1) is 32.4. The van der Waals surface area contributed by atoms with Crippen LogP contribution < -0.4 is 5.32 Å². The van der Waals surface area contributed by atoms with E-state index in [9.17, 15) is 14.4 Å². The molecule has 1 aliphatic rings. The van der Waals surface area contributed by atoms with E-state index in [1.54, 1.807) is 6.92 Å². The van der Waals surface area contributed by atoms with E-state index in [0.717, 1.165) is 4.90 Å². The minimum absolute atomic E-state index is 0.0946. The predicted molar refractivity (Wildman–Crippen MR) is 130 cm³/mol. The van der Waals surface area contributed by atoms with Gasteiger partial charge in [-0.3, -0.25) is 19.3 Å².